The van der Waals surface area contributed by atoms with Gasteiger partial charge in [-0.05, 0) is 48.8 Å². The van der Waals surface area contributed by atoms with E-state index < -0.39 is 11.7 Å². The molecular weight excluding hydrogens is 329 g/mol. The van der Waals surface area contributed by atoms with Crippen molar-refractivity contribution in [1.82, 2.24) is 0 Å². The van der Waals surface area contributed by atoms with Crippen LogP contribution in [0.15, 0.2) is 36.4 Å². The Bertz CT molecular complexity index is 611. The number of allylic oxidation sites excluding steroid dienone is 1. The molecule has 3 rings (SSSR count). The number of hydrogen-bond donors (Lipinski definition) is 0. The normalized spacial score (nSPS) is 30.6. The Balaban J connectivity index is 1.54. The molecule has 1 aliphatic carbocycles. The summed E-state index contributed by atoms with van der Waals surface area (Å²) in [5.41, 5.74) is -0.680. The van der Waals surface area contributed by atoms with Gasteiger partial charge in [0.25, 0.3) is 0 Å². The van der Waals surface area contributed by atoms with Gasteiger partial charge in [0, 0.05) is 12.5 Å². The van der Waals surface area contributed by atoms with Gasteiger partial charge in [-0.2, -0.15) is 13.2 Å². The predicted octanol–water partition coefficient (Wildman–Crippen LogP) is 5.34. The third-order valence-electron chi connectivity index (χ3n) is 5.35. The lowest BCUT2D eigenvalue weighted by atomic mass is 9.87. The number of fused-ring (bicyclic) bond motifs is 1. The molecule has 1 aromatic carbocycles. The van der Waals surface area contributed by atoms with Crippen LogP contribution in [0.1, 0.15) is 32.3 Å². The lowest BCUT2D eigenvalue weighted by Gasteiger charge is -2.17. The van der Waals surface area contributed by atoms with Gasteiger partial charge in [-0.1, -0.05) is 32.1 Å². The summed E-state index contributed by atoms with van der Waals surface area (Å²) < 4.78 is 49.5. The standard InChI is InChI=1S/C20H25F3O2/c1-13(6-7-17-14(2)10-19-18(17)8-9-24-19)12-25-16-5-3-4-15(11-16)20(21,22)23/h3-7,11,13-14,17-19H,8-10,12H2,1-2H3. The zero-order valence-electron chi connectivity index (χ0n) is 14.6. The maximum Gasteiger partial charge on any atom is 0.416 e. The van der Waals surface area contributed by atoms with Crippen molar-refractivity contribution in [2.75, 3.05) is 13.2 Å². The van der Waals surface area contributed by atoms with E-state index in [9.17, 15) is 13.2 Å². The minimum Gasteiger partial charge on any atom is -0.493 e. The second kappa shape index (κ2) is 7.40. The molecule has 2 fully saturated rings. The van der Waals surface area contributed by atoms with Crippen molar-refractivity contribution in [3.63, 3.8) is 0 Å². The Kier molecular flexibility index (Phi) is 5.42. The van der Waals surface area contributed by atoms with Crippen LogP contribution in [0.25, 0.3) is 0 Å². The molecule has 5 unspecified atom stereocenters. The number of ether oxygens (including phenoxy) is 2. The van der Waals surface area contributed by atoms with Gasteiger partial charge >= 0.3 is 6.18 Å². The molecule has 25 heavy (non-hydrogen) atoms. The summed E-state index contributed by atoms with van der Waals surface area (Å²) in [5.74, 6) is 2.16. The van der Waals surface area contributed by atoms with E-state index in [4.69, 9.17) is 9.47 Å². The van der Waals surface area contributed by atoms with Gasteiger partial charge in [-0.15, -0.1) is 0 Å². The van der Waals surface area contributed by atoms with E-state index in [0.717, 1.165) is 31.6 Å². The maximum absolute atomic E-state index is 12.7. The monoisotopic (exact) mass is 354 g/mol. The van der Waals surface area contributed by atoms with Crippen molar-refractivity contribution in [2.24, 2.45) is 23.7 Å². The van der Waals surface area contributed by atoms with Crippen molar-refractivity contribution in [1.29, 1.82) is 0 Å². The van der Waals surface area contributed by atoms with Crippen LogP contribution in [0, 0.1) is 23.7 Å². The molecule has 1 saturated carbocycles. The Morgan fingerprint density at radius 3 is 2.92 bits per heavy atom. The summed E-state index contributed by atoms with van der Waals surface area (Å²) in [6.07, 6.45) is 2.71. The summed E-state index contributed by atoms with van der Waals surface area (Å²) in [7, 11) is 0. The predicted molar refractivity (Wildman–Crippen MR) is 90.4 cm³/mol. The summed E-state index contributed by atoms with van der Waals surface area (Å²) in [4.78, 5) is 0. The number of hydrogen-bond acceptors (Lipinski definition) is 2. The van der Waals surface area contributed by atoms with Crippen molar-refractivity contribution >= 4 is 0 Å². The van der Waals surface area contributed by atoms with Crippen LogP contribution in [-0.4, -0.2) is 19.3 Å². The fraction of sp³-hybridized carbons (Fsp3) is 0.600. The molecule has 0 spiro atoms. The molecule has 2 aliphatic rings. The van der Waals surface area contributed by atoms with Gasteiger partial charge in [0.15, 0.2) is 0 Å². The van der Waals surface area contributed by atoms with Crippen molar-refractivity contribution in [3.05, 3.63) is 42.0 Å². The summed E-state index contributed by atoms with van der Waals surface area (Å²) in [6.45, 7) is 5.51. The second-order valence-electron chi connectivity index (χ2n) is 7.35. The fourth-order valence-corrected chi connectivity index (χ4v) is 3.99. The molecule has 5 atom stereocenters. The lowest BCUT2D eigenvalue weighted by molar-refractivity contribution is -0.137. The molecule has 0 N–H and O–H groups in total. The number of rotatable bonds is 5. The average Bonchev–Trinajstić information content (AvgIpc) is 3.11. The first kappa shape index (κ1) is 18.3. The minimum absolute atomic E-state index is 0.142. The van der Waals surface area contributed by atoms with E-state index in [2.05, 4.69) is 19.1 Å². The van der Waals surface area contributed by atoms with Gasteiger partial charge in [0.05, 0.1) is 18.3 Å². The molecule has 1 saturated heterocycles. The number of halogens is 3. The first-order valence-corrected chi connectivity index (χ1v) is 8.94. The molecular formula is C20H25F3O2. The molecule has 1 aromatic rings. The Morgan fingerprint density at radius 1 is 1.36 bits per heavy atom. The highest BCUT2D eigenvalue weighted by atomic mass is 19.4. The highest BCUT2D eigenvalue weighted by Gasteiger charge is 2.43. The van der Waals surface area contributed by atoms with E-state index in [0.29, 0.717) is 30.5 Å². The van der Waals surface area contributed by atoms with E-state index in [1.54, 1.807) is 6.07 Å². The molecule has 0 amide bonds. The number of alkyl halides is 3. The van der Waals surface area contributed by atoms with E-state index in [-0.39, 0.29) is 11.7 Å². The molecule has 0 radical (unpaired) electrons. The minimum atomic E-state index is -4.34. The smallest absolute Gasteiger partial charge is 0.416 e. The largest absolute Gasteiger partial charge is 0.493 e. The average molecular weight is 354 g/mol. The Labute approximate surface area is 147 Å². The zero-order valence-corrected chi connectivity index (χ0v) is 14.6. The SMILES string of the molecule is CC(C=CC1C(C)CC2OCCC21)COc1cccc(C(F)(F)F)c1. The van der Waals surface area contributed by atoms with Crippen LogP contribution < -0.4 is 4.74 Å². The van der Waals surface area contributed by atoms with Crippen LogP contribution in [0.5, 0.6) is 5.75 Å². The number of benzene rings is 1. The van der Waals surface area contributed by atoms with Gasteiger partial charge < -0.3 is 9.47 Å². The van der Waals surface area contributed by atoms with Gasteiger partial charge in [-0.25, -0.2) is 0 Å². The van der Waals surface area contributed by atoms with Crippen LogP contribution in [0.3, 0.4) is 0 Å². The molecule has 0 bridgehead atoms. The third-order valence-corrected chi connectivity index (χ3v) is 5.35. The van der Waals surface area contributed by atoms with Gasteiger partial charge in [0.2, 0.25) is 0 Å². The summed E-state index contributed by atoms with van der Waals surface area (Å²) in [5, 5.41) is 0. The Morgan fingerprint density at radius 2 is 2.16 bits per heavy atom. The zero-order chi connectivity index (χ0) is 18.0. The highest BCUT2D eigenvalue weighted by Crippen LogP contribution is 2.44. The fourth-order valence-electron chi connectivity index (χ4n) is 3.99. The highest BCUT2D eigenvalue weighted by molar-refractivity contribution is 5.30. The first-order valence-electron chi connectivity index (χ1n) is 8.94. The van der Waals surface area contributed by atoms with Gasteiger partial charge in [-0.3, -0.25) is 0 Å². The molecule has 0 aromatic heterocycles. The molecule has 5 heteroatoms. The third kappa shape index (κ3) is 4.38. The van der Waals surface area contributed by atoms with Gasteiger partial charge in [0.1, 0.15) is 5.75 Å². The van der Waals surface area contributed by atoms with Crippen LogP contribution in [0.2, 0.25) is 0 Å². The lowest BCUT2D eigenvalue weighted by Crippen LogP contribution is -2.14. The Hall–Kier alpha value is -1.49. The second-order valence-corrected chi connectivity index (χ2v) is 7.35. The molecule has 138 valence electrons. The van der Waals surface area contributed by atoms with Crippen LogP contribution in [-0.2, 0) is 10.9 Å². The van der Waals surface area contributed by atoms with E-state index in [1.165, 1.54) is 6.07 Å². The van der Waals surface area contributed by atoms with Crippen LogP contribution in [0.4, 0.5) is 13.2 Å². The van der Waals surface area contributed by atoms with Crippen molar-refractivity contribution < 1.29 is 22.6 Å². The van der Waals surface area contributed by atoms with E-state index >= 15 is 0 Å². The van der Waals surface area contributed by atoms with Crippen molar-refractivity contribution in [2.45, 2.75) is 39.0 Å². The van der Waals surface area contributed by atoms with Crippen molar-refractivity contribution in [3.8, 4) is 5.75 Å². The molecule has 1 aliphatic heterocycles. The summed E-state index contributed by atoms with van der Waals surface area (Å²) >= 11 is 0. The first-order chi connectivity index (χ1) is 11.8. The molecule has 2 nitrogen and oxygen atoms in total. The molecule has 1 heterocycles. The quantitative estimate of drug-likeness (QED) is 0.665. The van der Waals surface area contributed by atoms with E-state index in [1.807, 2.05) is 6.92 Å². The summed E-state index contributed by atoms with van der Waals surface area (Å²) in [6, 6.07) is 5.04. The maximum atomic E-state index is 12.7. The van der Waals surface area contributed by atoms with Crippen LogP contribution >= 0.6 is 0 Å². The topological polar surface area (TPSA) is 18.5 Å².